The first-order chi connectivity index (χ1) is 14.1. The highest BCUT2D eigenvalue weighted by atomic mass is 16.5. The molecule has 0 unspecified atom stereocenters. The van der Waals surface area contributed by atoms with E-state index in [-0.39, 0.29) is 0 Å². The fourth-order valence-corrected chi connectivity index (χ4v) is 3.42. The number of hydrogen-bond acceptors (Lipinski definition) is 4. The predicted molar refractivity (Wildman–Crippen MR) is 113 cm³/mol. The number of aryl methyl sites for hydroxylation is 1. The van der Waals surface area contributed by atoms with Crippen molar-refractivity contribution in [3.05, 3.63) is 77.0 Å². The third-order valence-electron chi connectivity index (χ3n) is 5.02. The van der Waals surface area contributed by atoms with E-state index >= 15 is 0 Å². The zero-order chi connectivity index (χ0) is 20.4. The van der Waals surface area contributed by atoms with Crippen LogP contribution in [0.4, 0.5) is 0 Å². The number of aromatic nitrogens is 4. The lowest BCUT2D eigenvalue weighted by molar-refractivity contribution is 0.398. The lowest BCUT2D eigenvalue weighted by Crippen LogP contribution is -2.03. The molecule has 0 saturated heterocycles. The summed E-state index contributed by atoms with van der Waals surface area (Å²) in [5, 5.41) is 9.74. The van der Waals surface area contributed by atoms with E-state index in [0.29, 0.717) is 22.8 Å². The molecule has 3 aromatic heterocycles. The van der Waals surface area contributed by atoms with Crippen LogP contribution in [0, 0.1) is 25.2 Å². The number of nitriles is 1. The topological polar surface area (TPSA) is 79.5 Å². The quantitative estimate of drug-likeness (QED) is 0.515. The van der Waals surface area contributed by atoms with Crippen LogP contribution in [-0.4, -0.2) is 26.6 Å². The lowest BCUT2D eigenvalue weighted by Gasteiger charge is -2.09. The number of hydrogen-bond donors (Lipinski definition) is 1. The summed E-state index contributed by atoms with van der Waals surface area (Å²) < 4.78 is 7.40. The fraction of sp³-hybridized carbons (Fsp3) is 0.174. The van der Waals surface area contributed by atoms with Gasteiger partial charge in [-0.05, 0) is 37.1 Å². The third kappa shape index (κ3) is 3.63. The van der Waals surface area contributed by atoms with Crippen LogP contribution in [0.1, 0.15) is 28.3 Å². The second-order valence-corrected chi connectivity index (χ2v) is 6.90. The molecule has 3 heterocycles. The second kappa shape index (κ2) is 7.64. The molecule has 0 aliphatic rings. The van der Waals surface area contributed by atoms with Gasteiger partial charge in [0.05, 0.1) is 29.9 Å². The van der Waals surface area contributed by atoms with Gasteiger partial charge in [0.15, 0.2) is 0 Å². The number of fused-ring (bicyclic) bond motifs is 1. The lowest BCUT2D eigenvalue weighted by atomic mass is 10.1. The molecule has 6 heteroatoms. The van der Waals surface area contributed by atoms with Crippen molar-refractivity contribution in [2.24, 2.45) is 0 Å². The van der Waals surface area contributed by atoms with Crippen LogP contribution in [0.15, 0.2) is 48.7 Å². The maximum absolute atomic E-state index is 9.74. The Morgan fingerprint density at radius 1 is 1.24 bits per heavy atom. The third-order valence-corrected chi connectivity index (χ3v) is 5.02. The number of nitrogens with zero attached hydrogens (tertiary/aromatic N) is 4. The average molecular weight is 383 g/mol. The first-order valence-corrected chi connectivity index (χ1v) is 9.31. The first-order valence-electron chi connectivity index (χ1n) is 9.31. The Labute approximate surface area is 169 Å². The Balaban J connectivity index is 1.71. The number of imidazole rings is 1. The maximum Gasteiger partial charge on any atom is 0.215 e. The van der Waals surface area contributed by atoms with Crippen molar-refractivity contribution in [1.82, 2.24) is 19.5 Å². The molecule has 0 atom stereocenters. The molecule has 0 saturated carbocycles. The van der Waals surface area contributed by atoms with Crippen molar-refractivity contribution in [3.8, 4) is 11.9 Å². The number of ether oxygens (including phenoxy) is 1. The van der Waals surface area contributed by atoms with Gasteiger partial charge in [0.1, 0.15) is 11.9 Å². The van der Waals surface area contributed by atoms with Gasteiger partial charge >= 0.3 is 0 Å². The molecule has 0 fully saturated rings. The van der Waals surface area contributed by atoms with E-state index in [4.69, 9.17) is 4.74 Å². The van der Waals surface area contributed by atoms with E-state index in [0.717, 1.165) is 29.0 Å². The van der Waals surface area contributed by atoms with Gasteiger partial charge in [-0.25, -0.2) is 9.97 Å². The van der Waals surface area contributed by atoms with E-state index < -0.39 is 0 Å². The number of H-pyrrole nitrogens is 1. The molecule has 0 aliphatic carbocycles. The zero-order valence-electron chi connectivity index (χ0n) is 16.6. The molecule has 144 valence electrons. The summed E-state index contributed by atoms with van der Waals surface area (Å²) in [5.74, 6) is 1.01. The van der Waals surface area contributed by atoms with E-state index in [9.17, 15) is 5.26 Å². The summed E-state index contributed by atoms with van der Waals surface area (Å²) in [6.07, 6.45) is 3.54. The van der Waals surface area contributed by atoms with Crippen molar-refractivity contribution < 1.29 is 4.74 Å². The molecule has 0 radical (unpaired) electrons. The molecule has 29 heavy (non-hydrogen) atoms. The van der Waals surface area contributed by atoms with Crippen LogP contribution in [-0.2, 0) is 6.54 Å². The number of pyridine rings is 1. The summed E-state index contributed by atoms with van der Waals surface area (Å²) in [7, 11) is 1.56. The molecular weight excluding hydrogens is 362 g/mol. The molecule has 0 spiro atoms. The number of aromatic amines is 1. The molecule has 0 aliphatic heterocycles. The Bertz CT molecular complexity index is 1240. The van der Waals surface area contributed by atoms with Crippen molar-refractivity contribution in [2.45, 2.75) is 20.4 Å². The summed E-state index contributed by atoms with van der Waals surface area (Å²) in [4.78, 5) is 11.9. The number of nitrogens with one attached hydrogen (secondary N) is 1. The van der Waals surface area contributed by atoms with Gasteiger partial charge < -0.3 is 14.3 Å². The van der Waals surface area contributed by atoms with Crippen LogP contribution in [0.2, 0.25) is 0 Å². The minimum Gasteiger partial charge on any atom is -0.481 e. The smallest absolute Gasteiger partial charge is 0.215 e. The average Bonchev–Trinajstić information content (AvgIpc) is 3.28. The molecule has 0 amide bonds. The monoisotopic (exact) mass is 383 g/mol. The Morgan fingerprint density at radius 2 is 2.03 bits per heavy atom. The highest BCUT2D eigenvalue weighted by Gasteiger charge is 2.13. The molecule has 4 rings (SSSR count). The van der Waals surface area contributed by atoms with Gasteiger partial charge in [0.25, 0.3) is 0 Å². The normalized spacial score (nSPS) is 11.6. The van der Waals surface area contributed by atoms with Crippen molar-refractivity contribution >= 4 is 22.7 Å². The van der Waals surface area contributed by atoms with E-state index in [1.54, 1.807) is 19.4 Å². The van der Waals surface area contributed by atoms with Gasteiger partial charge in [-0.1, -0.05) is 30.3 Å². The summed E-state index contributed by atoms with van der Waals surface area (Å²) in [6.45, 7) is 4.95. The van der Waals surface area contributed by atoms with E-state index in [1.165, 1.54) is 5.56 Å². The van der Waals surface area contributed by atoms with Crippen molar-refractivity contribution in [1.29, 1.82) is 5.26 Å². The van der Waals surface area contributed by atoms with Crippen LogP contribution < -0.4 is 4.74 Å². The van der Waals surface area contributed by atoms with Gasteiger partial charge in [0, 0.05) is 24.0 Å². The SMILES string of the molecule is COc1cc2nc(/C(C#N)=C/c3cc(C)n(Cc4ccccc4)c3C)[nH]c2cn1. The van der Waals surface area contributed by atoms with E-state index in [2.05, 4.69) is 57.6 Å². The Hall–Kier alpha value is -3.85. The Kier molecular flexibility index (Phi) is 4.88. The van der Waals surface area contributed by atoms with Gasteiger partial charge in [-0.3, -0.25) is 0 Å². The van der Waals surface area contributed by atoms with Gasteiger partial charge in [0.2, 0.25) is 5.88 Å². The fourth-order valence-electron chi connectivity index (χ4n) is 3.42. The molecule has 4 aromatic rings. The number of rotatable bonds is 5. The minimum absolute atomic E-state index is 0.472. The minimum atomic E-state index is 0.472. The highest BCUT2D eigenvalue weighted by Crippen LogP contribution is 2.24. The first kappa shape index (κ1) is 18.5. The van der Waals surface area contributed by atoms with Gasteiger partial charge in [-0.15, -0.1) is 0 Å². The van der Waals surface area contributed by atoms with Crippen LogP contribution in [0.3, 0.4) is 0 Å². The highest BCUT2D eigenvalue weighted by molar-refractivity contribution is 5.90. The standard InChI is InChI=1S/C23H21N5O/c1-15-9-18(16(2)28(15)14-17-7-5-4-6-8-17)10-19(12-24)23-26-20-11-22(29-3)25-13-21(20)27-23/h4-11,13H,14H2,1-3H3,(H,26,27)/b19-10+. The van der Waals surface area contributed by atoms with Crippen molar-refractivity contribution in [3.63, 3.8) is 0 Å². The van der Waals surface area contributed by atoms with Crippen LogP contribution in [0.25, 0.3) is 22.7 Å². The largest absolute Gasteiger partial charge is 0.481 e. The van der Waals surface area contributed by atoms with Crippen LogP contribution >= 0.6 is 0 Å². The van der Waals surface area contributed by atoms with Gasteiger partial charge in [-0.2, -0.15) is 5.26 Å². The van der Waals surface area contributed by atoms with Crippen molar-refractivity contribution in [2.75, 3.05) is 7.11 Å². The van der Waals surface area contributed by atoms with E-state index in [1.807, 2.05) is 24.3 Å². The molecule has 1 N–H and O–H groups in total. The maximum atomic E-state index is 9.74. The number of allylic oxidation sites excluding steroid dienone is 1. The van der Waals surface area contributed by atoms with Crippen LogP contribution in [0.5, 0.6) is 5.88 Å². The summed E-state index contributed by atoms with van der Waals surface area (Å²) in [5.41, 5.74) is 6.45. The Morgan fingerprint density at radius 3 is 2.76 bits per heavy atom. The predicted octanol–water partition coefficient (Wildman–Crippen LogP) is 4.50. The molecular formula is C23H21N5O. The number of benzene rings is 1. The second-order valence-electron chi connectivity index (χ2n) is 6.90. The molecule has 6 nitrogen and oxygen atoms in total. The summed E-state index contributed by atoms with van der Waals surface area (Å²) >= 11 is 0. The molecule has 1 aromatic carbocycles. The molecule has 0 bridgehead atoms. The summed E-state index contributed by atoms with van der Waals surface area (Å²) in [6, 6.07) is 16.5. The number of methoxy groups -OCH3 is 1. The zero-order valence-corrected chi connectivity index (χ0v) is 16.6.